The number of hydrogen-bond acceptors (Lipinski definition) is 3. The molecule has 0 aliphatic heterocycles. The first kappa shape index (κ1) is 15.2. The van der Waals surface area contributed by atoms with Gasteiger partial charge in [0.2, 0.25) is 0 Å². The number of sulfone groups is 1. The Balaban J connectivity index is 2.38. The van der Waals surface area contributed by atoms with E-state index in [1.165, 1.54) is 16.9 Å². The van der Waals surface area contributed by atoms with E-state index < -0.39 is 15.1 Å². The molecule has 0 radical (unpaired) electrons. The normalized spacial score (nSPS) is 13.6. The minimum Gasteiger partial charge on any atom is -0.356 e. The van der Waals surface area contributed by atoms with Crippen molar-refractivity contribution in [2.45, 2.75) is 29.2 Å². The van der Waals surface area contributed by atoms with Crippen molar-refractivity contribution in [1.82, 2.24) is 0 Å². The Morgan fingerprint density at radius 3 is 2.15 bits per heavy atom. The van der Waals surface area contributed by atoms with Gasteiger partial charge in [-0.3, -0.25) is 0 Å². The predicted molar refractivity (Wildman–Crippen MR) is 82.5 cm³/mol. The van der Waals surface area contributed by atoms with Gasteiger partial charge in [-0.2, -0.15) is 0 Å². The van der Waals surface area contributed by atoms with Crippen molar-refractivity contribution in [2.75, 3.05) is 6.54 Å². The molecule has 2 aromatic rings. The zero-order chi connectivity index (χ0) is 14.8. The van der Waals surface area contributed by atoms with Crippen LogP contribution in [0.3, 0.4) is 0 Å². The highest BCUT2D eigenvalue weighted by molar-refractivity contribution is 7.93. The fourth-order valence-corrected chi connectivity index (χ4v) is 5.04. The predicted octanol–water partition coefficient (Wildman–Crippen LogP) is 2.63. The van der Waals surface area contributed by atoms with Gasteiger partial charge in [0.25, 0.3) is 0 Å². The van der Waals surface area contributed by atoms with Gasteiger partial charge in [0.1, 0.15) is 9.46 Å². The summed E-state index contributed by atoms with van der Waals surface area (Å²) < 4.78 is 25.6. The molecule has 20 heavy (non-hydrogen) atoms. The maximum absolute atomic E-state index is 12.6. The maximum atomic E-state index is 12.6. The highest BCUT2D eigenvalue weighted by atomic mass is 32.2. The smallest absolute Gasteiger partial charge is 0.200 e. The van der Waals surface area contributed by atoms with Crippen LogP contribution in [0.25, 0.3) is 0 Å². The van der Waals surface area contributed by atoms with Crippen molar-refractivity contribution in [3.63, 3.8) is 0 Å². The minimum atomic E-state index is -3.34. The molecule has 0 aliphatic carbocycles. The Bertz CT molecular complexity index is 644. The van der Waals surface area contributed by atoms with Gasteiger partial charge >= 0.3 is 0 Å². The van der Waals surface area contributed by atoms with Crippen LogP contribution in [-0.4, -0.2) is 15.0 Å². The molecule has 1 aromatic heterocycles. The Labute approximate surface area is 124 Å². The molecule has 1 atom stereocenters. The molecule has 3 nitrogen and oxygen atoms in total. The molecule has 0 bridgehead atoms. The lowest BCUT2D eigenvalue weighted by Crippen LogP contribution is -2.54. The van der Waals surface area contributed by atoms with E-state index in [1.807, 2.05) is 24.3 Å². The van der Waals surface area contributed by atoms with Crippen molar-refractivity contribution in [2.24, 2.45) is 0 Å². The zero-order valence-corrected chi connectivity index (χ0v) is 13.4. The lowest BCUT2D eigenvalue weighted by Gasteiger charge is -2.14. The Morgan fingerprint density at radius 2 is 1.70 bits per heavy atom. The van der Waals surface area contributed by atoms with Crippen molar-refractivity contribution in [3.05, 3.63) is 52.9 Å². The summed E-state index contributed by atoms with van der Waals surface area (Å²) in [6.07, 6.45) is 0. The van der Waals surface area contributed by atoms with Gasteiger partial charge < -0.3 is 5.73 Å². The van der Waals surface area contributed by atoms with E-state index in [9.17, 15) is 8.42 Å². The number of hydrogen-bond donors (Lipinski definition) is 1. The molecule has 5 heteroatoms. The van der Waals surface area contributed by atoms with E-state index in [0.717, 1.165) is 5.56 Å². The Morgan fingerprint density at radius 1 is 1.10 bits per heavy atom. The van der Waals surface area contributed by atoms with Gasteiger partial charge in [-0.25, -0.2) is 8.42 Å². The van der Waals surface area contributed by atoms with Gasteiger partial charge in [-0.05, 0) is 28.5 Å². The third kappa shape index (κ3) is 2.95. The van der Waals surface area contributed by atoms with Gasteiger partial charge in [-0.1, -0.05) is 44.2 Å². The monoisotopic (exact) mass is 310 g/mol. The average Bonchev–Trinajstić information content (AvgIpc) is 2.94. The van der Waals surface area contributed by atoms with Gasteiger partial charge in [0.05, 0.1) is 6.54 Å². The largest absolute Gasteiger partial charge is 0.356 e. The van der Waals surface area contributed by atoms with Crippen molar-refractivity contribution < 1.29 is 14.2 Å². The third-order valence-electron chi connectivity index (χ3n) is 3.39. The molecule has 0 spiro atoms. The molecule has 0 saturated carbocycles. The van der Waals surface area contributed by atoms with Crippen LogP contribution in [-0.2, 0) is 9.84 Å². The minimum absolute atomic E-state index is 0.335. The second-order valence-electron chi connectivity index (χ2n) is 5.08. The second-order valence-corrected chi connectivity index (χ2v) is 8.38. The molecule has 108 valence electrons. The molecule has 1 heterocycles. The van der Waals surface area contributed by atoms with E-state index in [-0.39, 0.29) is 0 Å². The first-order valence-corrected chi connectivity index (χ1v) is 9.06. The molecule has 0 aliphatic rings. The molecular weight excluding hydrogens is 290 g/mol. The molecule has 0 fully saturated rings. The Hall–Kier alpha value is -1.17. The van der Waals surface area contributed by atoms with Crippen LogP contribution in [0.15, 0.2) is 46.0 Å². The van der Waals surface area contributed by atoms with Crippen LogP contribution in [0.2, 0.25) is 0 Å². The van der Waals surface area contributed by atoms with Crippen LogP contribution < -0.4 is 5.73 Å². The molecule has 0 amide bonds. The first-order chi connectivity index (χ1) is 9.46. The molecule has 1 aromatic carbocycles. The van der Waals surface area contributed by atoms with E-state index >= 15 is 0 Å². The average molecular weight is 310 g/mol. The summed E-state index contributed by atoms with van der Waals surface area (Å²) in [5.41, 5.74) is 5.85. The molecule has 2 rings (SSSR count). The summed E-state index contributed by atoms with van der Waals surface area (Å²) in [7, 11) is -3.34. The fraction of sp³-hybridized carbons (Fsp3) is 0.333. The van der Waals surface area contributed by atoms with Gasteiger partial charge in [0, 0.05) is 0 Å². The van der Waals surface area contributed by atoms with E-state index in [2.05, 4.69) is 19.6 Å². The quantitative estimate of drug-likeness (QED) is 0.923. The number of benzene rings is 1. The second kappa shape index (κ2) is 6.08. The van der Waals surface area contributed by atoms with Gasteiger partial charge in [-0.15, -0.1) is 11.3 Å². The topological polar surface area (TPSA) is 61.8 Å². The fourth-order valence-electron chi connectivity index (χ4n) is 2.16. The van der Waals surface area contributed by atoms with Crippen LogP contribution >= 0.6 is 11.3 Å². The summed E-state index contributed by atoms with van der Waals surface area (Å²) >= 11 is 1.26. The summed E-state index contributed by atoms with van der Waals surface area (Å²) in [6, 6.07) is 11.3. The highest BCUT2D eigenvalue weighted by Gasteiger charge is 2.30. The van der Waals surface area contributed by atoms with Crippen LogP contribution in [0.5, 0.6) is 0 Å². The molecule has 3 N–H and O–H groups in total. The van der Waals surface area contributed by atoms with Crippen molar-refractivity contribution in [1.29, 1.82) is 0 Å². The van der Waals surface area contributed by atoms with Crippen LogP contribution in [0, 0.1) is 0 Å². The third-order valence-corrected chi connectivity index (χ3v) is 6.99. The maximum Gasteiger partial charge on any atom is 0.200 e. The molecule has 0 saturated heterocycles. The number of quaternary nitrogens is 1. The number of thiophene rings is 1. The summed E-state index contributed by atoms with van der Waals surface area (Å²) in [5, 5.41) is 1.22. The Kier molecular flexibility index (Phi) is 4.62. The molecule has 0 unspecified atom stereocenters. The summed E-state index contributed by atoms with van der Waals surface area (Å²) in [5.74, 6) is 0.441. The highest BCUT2D eigenvalue weighted by Crippen LogP contribution is 2.31. The van der Waals surface area contributed by atoms with Crippen LogP contribution in [0.4, 0.5) is 0 Å². The SMILES string of the molecule is CC(C)c1ccc([C@@H](C[NH3+])S(=O)(=O)c2cccs2)cc1. The van der Waals surface area contributed by atoms with Gasteiger partial charge in [0.15, 0.2) is 9.84 Å². The first-order valence-electron chi connectivity index (χ1n) is 6.63. The van der Waals surface area contributed by atoms with Crippen molar-refractivity contribution >= 4 is 21.2 Å². The lowest BCUT2D eigenvalue weighted by molar-refractivity contribution is -0.367. The lowest BCUT2D eigenvalue weighted by atomic mass is 10.0. The summed E-state index contributed by atoms with van der Waals surface area (Å²) in [4.78, 5) is 0. The van der Waals surface area contributed by atoms with E-state index in [1.54, 1.807) is 17.5 Å². The van der Waals surface area contributed by atoms with Crippen LogP contribution in [0.1, 0.15) is 36.1 Å². The number of rotatable bonds is 5. The zero-order valence-electron chi connectivity index (χ0n) is 11.7. The molecular formula is C15H20NO2S2+. The summed E-state index contributed by atoms with van der Waals surface area (Å²) in [6.45, 7) is 4.58. The van der Waals surface area contributed by atoms with E-state index in [4.69, 9.17) is 0 Å². The van der Waals surface area contributed by atoms with E-state index in [0.29, 0.717) is 16.7 Å². The van der Waals surface area contributed by atoms with Crippen molar-refractivity contribution in [3.8, 4) is 0 Å². The standard InChI is InChI=1S/C15H19NO2S2/c1-11(2)12-5-7-13(8-6-12)14(10-16)20(17,18)15-4-3-9-19-15/h3-9,11,14H,10,16H2,1-2H3/p+1/t14-/m1/s1.